The van der Waals surface area contributed by atoms with Crippen molar-refractivity contribution in [2.45, 2.75) is 6.92 Å². The van der Waals surface area contributed by atoms with Crippen LogP contribution in [0.25, 0.3) is 27.9 Å². The number of nitrogens with zero attached hydrogens (tertiary/aromatic N) is 1. The molecule has 0 aliphatic rings. The van der Waals surface area contributed by atoms with Crippen LogP contribution in [0.15, 0.2) is 72.8 Å². The molecule has 3 aromatic rings. The molecule has 0 saturated heterocycles. The number of benzene rings is 2. The lowest BCUT2D eigenvalue weighted by atomic mass is 10.1. The van der Waals surface area contributed by atoms with Crippen molar-refractivity contribution in [3.63, 3.8) is 0 Å². The second kappa shape index (κ2) is 5.28. The number of para-hydroxylation sites is 1. The fraction of sp³-hybridized carbons (Fsp3) is 0.0526. The van der Waals surface area contributed by atoms with Gasteiger partial charge in [-0.1, -0.05) is 55.1 Å². The van der Waals surface area contributed by atoms with Crippen LogP contribution in [0.2, 0.25) is 0 Å². The molecule has 0 radical (unpaired) electrons. The zero-order valence-electron chi connectivity index (χ0n) is 11.8. The highest BCUT2D eigenvalue weighted by Crippen LogP contribution is 2.32. The Kier molecular flexibility index (Phi) is 3.31. The van der Waals surface area contributed by atoms with Crippen LogP contribution in [0.1, 0.15) is 6.92 Å². The molecule has 0 fully saturated rings. The van der Waals surface area contributed by atoms with Crippen LogP contribution >= 0.6 is 0 Å². The van der Waals surface area contributed by atoms with Crippen LogP contribution in [0.3, 0.4) is 0 Å². The smallest absolute Gasteiger partial charge is 0.151 e. The molecule has 0 spiro atoms. The molecule has 0 unspecified atom stereocenters. The van der Waals surface area contributed by atoms with E-state index in [1.165, 1.54) is 0 Å². The molecule has 0 saturated carbocycles. The van der Waals surface area contributed by atoms with E-state index in [9.17, 15) is 4.79 Å². The predicted octanol–water partition coefficient (Wildman–Crippen LogP) is 4.56. The van der Waals surface area contributed by atoms with Gasteiger partial charge >= 0.3 is 0 Å². The summed E-state index contributed by atoms with van der Waals surface area (Å²) in [5, 5.41) is 1.09. The van der Waals surface area contributed by atoms with Crippen molar-refractivity contribution in [1.29, 1.82) is 0 Å². The first kappa shape index (κ1) is 13.2. The van der Waals surface area contributed by atoms with Crippen molar-refractivity contribution in [2.75, 3.05) is 0 Å². The van der Waals surface area contributed by atoms with Crippen LogP contribution in [0.5, 0.6) is 0 Å². The molecule has 0 atom stereocenters. The van der Waals surface area contributed by atoms with Gasteiger partial charge in [-0.3, -0.25) is 4.57 Å². The molecule has 1 heterocycles. The summed E-state index contributed by atoms with van der Waals surface area (Å²) in [5.41, 5.74) is 4.18. The molecule has 0 amide bonds. The first-order valence-electron chi connectivity index (χ1n) is 6.79. The molecule has 1 aromatic heterocycles. The monoisotopic (exact) mass is 273 g/mol. The van der Waals surface area contributed by atoms with E-state index in [1.54, 1.807) is 0 Å². The number of hydrogen-bond donors (Lipinski definition) is 0. The van der Waals surface area contributed by atoms with Crippen molar-refractivity contribution in [3.8, 4) is 11.3 Å². The fourth-order valence-electron chi connectivity index (χ4n) is 2.54. The molecule has 0 aliphatic heterocycles. The van der Waals surface area contributed by atoms with Crippen molar-refractivity contribution < 1.29 is 4.79 Å². The third kappa shape index (κ3) is 2.22. The van der Waals surface area contributed by atoms with E-state index in [0.29, 0.717) is 11.3 Å². The van der Waals surface area contributed by atoms with E-state index < -0.39 is 0 Å². The van der Waals surface area contributed by atoms with Crippen molar-refractivity contribution in [1.82, 2.24) is 4.57 Å². The van der Waals surface area contributed by atoms with Gasteiger partial charge in [-0.05, 0) is 30.2 Å². The first-order chi connectivity index (χ1) is 10.2. The molecular weight excluding hydrogens is 258 g/mol. The first-order valence-corrected chi connectivity index (χ1v) is 6.79. The Morgan fingerprint density at radius 1 is 1.05 bits per heavy atom. The predicted molar refractivity (Wildman–Crippen MR) is 87.6 cm³/mol. The molecule has 0 aliphatic carbocycles. The highest BCUT2D eigenvalue weighted by molar-refractivity contribution is 5.98. The van der Waals surface area contributed by atoms with E-state index in [4.69, 9.17) is 0 Å². The molecule has 3 rings (SSSR count). The van der Waals surface area contributed by atoms with Gasteiger partial charge in [0.1, 0.15) is 5.70 Å². The van der Waals surface area contributed by atoms with Gasteiger partial charge in [0.15, 0.2) is 5.94 Å². The Morgan fingerprint density at radius 3 is 2.38 bits per heavy atom. The molecular formula is C19H15NO. The summed E-state index contributed by atoms with van der Waals surface area (Å²) in [6.45, 7) is 5.73. The minimum Gasteiger partial charge on any atom is -0.300 e. The number of allylic oxidation sites excluding steroid dienone is 2. The number of hydrogen-bond acceptors (Lipinski definition) is 1. The highest BCUT2D eigenvalue weighted by atomic mass is 16.1. The minimum absolute atomic E-state index is 0.468. The second-order valence-electron chi connectivity index (χ2n) is 5.02. The molecule has 2 nitrogen and oxygen atoms in total. The van der Waals surface area contributed by atoms with Crippen LogP contribution in [0, 0.1) is 0 Å². The summed E-state index contributed by atoms with van der Waals surface area (Å²) in [4.78, 5) is 11.4. The average Bonchev–Trinajstić information content (AvgIpc) is 2.88. The zero-order chi connectivity index (χ0) is 14.8. The molecule has 0 N–H and O–H groups in total. The van der Waals surface area contributed by atoms with Gasteiger partial charge in [-0.2, -0.15) is 0 Å². The molecule has 2 heteroatoms. The Balaban J connectivity index is 2.40. The van der Waals surface area contributed by atoms with Gasteiger partial charge in [0.2, 0.25) is 0 Å². The Bertz CT molecular complexity index is 865. The summed E-state index contributed by atoms with van der Waals surface area (Å²) < 4.78 is 1.93. The van der Waals surface area contributed by atoms with Gasteiger partial charge in [0, 0.05) is 5.39 Å². The van der Waals surface area contributed by atoms with Crippen LogP contribution in [-0.4, -0.2) is 10.5 Å². The van der Waals surface area contributed by atoms with Crippen LogP contribution in [0.4, 0.5) is 0 Å². The van der Waals surface area contributed by atoms with Crippen LogP contribution in [-0.2, 0) is 4.79 Å². The average molecular weight is 273 g/mol. The lowest BCUT2D eigenvalue weighted by Gasteiger charge is -2.11. The SMILES string of the molecule is C=C(C)C(=C=O)n1c(-c2ccccc2)cc2ccccc21. The third-order valence-corrected chi connectivity index (χ3v) is 3.50. The standard InChI is InChI=1S/C19H15NO/c1-14(2)19(13-21)20-17-11-7-6-10-16(17)12-18(20)15-8-4-3-5-9-15/h3-12H,1H2,2H3. The molecule has 0 bridgehead atoms. The number of aromatic nitrogens is 1. The minimum atomic E-state index is 0.468. The second-order valence-corrected chi connectivity index (χ2v) is 5.02. The summed E-state index contributed by atoms with van der Waals surface area (Å²) >= 11 is 0. The quantitative estimate of drug-likeness (QED) is 0.506. The van der Waals surface area contributed by atoms with Crippen molar-refractivity contribution in [2.24, 2.45) is 0 Å². The maximum Gasteiger partial charge on any atom is 0.151 e. The van der Waals surface area contributed by atoms with Gasteiger partial charge in [-0.25, -0.2) is 4.79 Å². The summed E-state index contributed by atoms with van der Waals surface area (Å²) in [6.07, 6.45) is 0. The highest BCUT2D eigenvalue weighted by Gasteiger charge is 2.14. The van der Waals surface area contributed by atoms with Crippen molar-refractivity contribution in [3.05, 3.63) is 72.8 Å². The zero-order valence-corrected chi connectivity index (χ0v) is 11.8. The Labute approximate surface area is 123 Å². The lowest BCUT2D eigenvalue weighted by Crippen LogP contribution is -2.00. The van der Waals surface area contributed by atoms with E-state index in [2.05, 4.69) is 12.6 Å². The van der Waals surface area contributed by atoms with Gasteiger partial charge < -0.3 is 0 Å². The summed E-state index contributed by atoms with van der Waals surface area (Å²) in [5.74, 6) is 2.04. The number of rotatable bonds is 3. The molecule has 2 aromatic carbocycles. The normalized spacial score (nSPS) is 10.3. The van der Waals surface area contributed by atoms with E-state index in [0.717, 1.165) is 22.2 Å². The Hall–Kier alpha value is -2.83. The maximum absolute atomic E-state index is 11.4. The van der Waals surface area contributed by atoms with Crippen LogP contribution < -0.4 is 0 Å². The summed E-state index contributed by atoms with van der Waals surface area (Å²) in [6, 6.07) is 20.1. The van der Waals surface area contributed by atoms with Gasteiger partial charge in [0.05, 0.1) is 11.2 Å². The summed E-state index contributed by atoms with van der Waals surface area (Å²) in [7, 11) is 0. The van der Waals surface area contributed by atoms with E-state index in [1.807, 2.05) is 72.0 Å². The topological polar surface area (TPSA) is 22.0 Å². The lowest BCUT2D eigenvalue weighted by molar-refractivity contribution is 0.568. The number of fused-ring (bicyclic) bond motifs is 1. The molecule has 102 valence electrons. The maximum atomic E-state index is 11.4. The van der Waals surface area contributed by atoms with Gasteiger partial charge in [-0.15, -0.1) is 0 Å². The van der Waals surface area contributed by atoms with Gasteiger partial charge in [0.25, 0.3) is 0 Å². The van der Waals surface area contributed by atoms with Crippen molar-refractivity contribution >= 4 is 22.5 Å². The molecule has 21 heavy (non-hydrogen) atoms. The number of carbonyl (C=O) groups excluding carboxylic acids is 1. The third-order valence-electron chi connectivity index (χ3n) is 3.50. The van der Waals surface area contributed by atoms with E-state index in [-0.39, 0.29) is 0 Å². The Morgan fingerprint density at radius 2 is 1.71 bits per heavy atom. The largest absolute Gasteiger partial charge is 0.300 e. The van der Waals surface area contributed by atoms with E-state index >= 15 is 0 Å². The fourth-order valence-corrected chi connectivity index (χ4v) is 2.54.